The number of rotatable bonds is 5. The van der Waals surface area contributed by atoms with Crippen molar-refractivity contribution in [2.45, 2.75) is 58.4 Å². The van der Waals surface area contributed by atoms with Crippen molar-refractivity contribution in [3.8, 4) is 0 Å². The van der Waals surface area contributed by atoms with Crippen molar-refractivity contribution in [2.75, 3.05) is 13.6 Å². The van der Waals surface area contributed by atoms with E-state index < -0.39 is 29.7 Å². The summed E-state index contributed by atoms with van der Waals surface area (Å²) < 4.78 is 10.6. The molecular weight excluding hydrogens is 348 g/mol. The minimum absolute atomic E-state index is 0.134. The van der Waals surface area contributed by atoms with Crippen LogP contribution in [0.15, 0.2) is 30.3 Å². The van der Waals surface area contributed by atoms with Crippen LogP contribution in [-0.2, 0) is 25.7 Å². The molecule has 0 N–H and O–H groups in total. The minimum atomic E-state index is -0.737. The van der Waals surface area contributed by atoms with E-state index in [2.05, 4.69) is 0 Å². The van der Waals surface area contributed by atoms with E-state index >= 15 is 0 Å². The predicted molar refractivity (Wildman–Crippen MR) is 99.8 cm³/mol. The van der Waals surface area contributed by atoms with E-state index in [0.29, 0.717) is 13.0 Å². The smallest absolute Gasteiger partial charge is 0.410 e. The van der Waals surface area contributed by atoms with E-state index in [-0.39, 0.29) is 12.5 Å². The molecule has 7 nitrogen and oxygen atoms in total. The average molecular weight is 376 g/mol. The van der Waals surface area contributed by atoms with E-state index in [9.17, 15) is 14.4 Å². The molecule has 1 aromatic carbocycles. The van der Waals surface area contributed by atoms with Crippen LogP contribution in [0.1, 0.15) is 39.7 Å². The number of carbonyl (C=O) groups excluding carboxylic acids is 3. The molecule has 1 aliphatic heterocycles. The maximum atomic E-state index is 12.7. The molecule has 0 bridgehead atoms. The molecule has 27 heavy (non-hydrogen) atoms. The molecule has 7 heteroatoms. The van der Waals surface area contributed by atoms with Crippen molar-refractivity contribution in [3.63, 3.8) is 0 Å². The van der Waals surface area contributed by atoms with Gasteiger partial charge in [-0.1, -0.05) is 30.3 Å². The largest absolute Gasteiger partial charge is 0.458 e. The Bertz CT molecular complexity index is 683. The maximum absolute atomic E-state index is 12.7. The van der Waals surface area contributed by atoms with Crippen molar-refractivity contribution >= 4 is 18.0 Å². The number of carbonyl (C=O) groups is 3. The van der Waals surface area contributed by atoms with Crippen molar-refractivity contribution in [1.29, 1.82) is 0 Å². The SMILES string of the molecule is C[C@@H](C(=O)N1CC[C@H]1C(=O)OC(C)(C)C)N(C)C(=O)OCc1ccccc1. The van der Waals surface area contributed by atoms with Gasteiger partial charge in [0.2, 0.25) is 5.91 Å². The Morgan fingerprint density at radius 1 is 1.22 bits per heavy atom. The van der Waals surface area contributed by atoms with Gasteiger partial charge in [0, 0.05) is 13.6 Å². The summed E-state index contributed by atoms with van der Waals surface area (Å²) in [5.41, 5.74) is 0.261. The average Bonchev–Trinajstić information content (AvgIpc) is 2.56. The highest BCUT2D eigenvalue weighted by molar-refractivity contribution is 5.90. The number of benzene rings is 1. The van der Waals surface area contributed by atoms with E-state index in [1.165, 1.54) is 16.8 Å². The molecule has 1 aromatic rings. The first-order valence-electron chi connectivity index (χ1n) is 9.07. The van der Waals surface area contributed by atoms with Crippen molar-refractivity contribution in [2.24, 2.45) is 0 Å². The normalized spacial score (nSPS) is 17.5. The third-order valence-corrected chi connectivity index (χ3v) is 4.41. The van der Waals surface area contributed by atoms with Crippen LogP contribution < -0.4 is 0 Å². The maximum Gasteiger partial charge on any atom is 0.410 e. The molecule has 0 radical (unpaired) electrons. The first kappa shape index (κ1) is 20.7. The first-order valence-corrected chi connectivity index (χ1v) is 9.07. The van der Waals surface area contributed by atoms with Gasteiger partial charge in [-0.15, -0.1) is 0 Å². The van der Waals surface area contributed by atoms with E-state index in [0.717, 1.165) is 5.56 Å². The molecule has 2 amide bonds. The van der Waals surface area contributed by atoms with Gasteiger partial charge < -0.3 is 14.4 Å². The van der Waals surface area contributed by atoms with Gasteiger partial charge in [-0.2, -0.15) is 0 Å². The summed E-state index contributed by atoms with van der Waals surface area (Å²) >= 11 is 0. The number of nitrogens with zero attached hydrogens (tertiary/aromatic N) is 2. The summed E-state index contributed by atoms with van der Waals surface area (Å²) in [6.45, 7) is 7.59. The van der Waals surface area contributed by atoms with Gasteiger partial charge in [-0.05, 0) is 39.7 Å². The number of hydrogen-bond acceptors (Lipinski definition) is 5. The summed E-state index contributed by atoms with van der Waals surface area (Å²) in [6.07, 6.45) is -0.0238. The predicted octanol–water partition coefficient (Wildman–Crippen LogP) is 2.59. The first-order chi connectivity index (χ1) is 12.6. The standard InChI is InChI=1S/C20H28N2O5/c1-14(21(5)19(25)26-13-15-9-7-6-8-10-15)17(23)22-12-11-16(22)18(24)27-20(2,3)4/h6-10,14,16H,11-13H2,1-5H3/t14-,16-/m0/s1. The number of amides is 2. The Balaban J connectivity index is 1.89. The minimum Gasteiger partial charge on any atom is -0.458 e. The monoisotopic (exact) mass is 376 g/mol. The van der Waals surface area contributed by atoms with Crippen LogP contribution in [0.2, 0.25) is 0 Å². The zero-order valence-electron chi connectivity index (χ0n) is 16.6. The molecule has 1 heterocycles. The lowest BCUT2D eigenvalue weighted by Crippen LogP contribution is -2.60. The van der Waals surface area contributed by atoms with Crippen LogP contribution in [0, 0.1) is 0 Å². The van der Waals surface area contributed by atoms with E-state index in [4.69, 9.17) is 9.47 Å². The Labute approximate surface area is 160 Å². The summed E-state index contributed by atoms with van der Waals surface area (Å²) in [4.78, 5) is 39.9. The molecule has 2 atom stereocenters. The zero-order chi connectivity index (χ0) is 20.2. The molecule has 0 aliphatic carbocycles. The third kappa shape index (κ3) is 5.45. The summed E-state index contributed by atoms with van der Waals surface area (Å²) in [6, 6.07) is 7.98. The van der Waals surface area contributed by atoms with Gasteiger partial charge in [-0.25, -0.2) is 9.59 Å². The van der Waals surface area contributed by atoms with Crippen LogP contribution >= 0.6 is 0 Å². The quantitative estimate of drug-likeness (QED) is 0.739. The van der Waals surface area contributed by atoms with E-state index in [1.54, 1.807) is 27.7 Å². The van der Waals surface area contributed by atoms with Gasteiger partial charge in [0.05, 0.1) is 0 Å². The Hall–Kier alpha value is -2.57. The molecule has 1 aliphatic rings. The molecular formula is C20H28N2O5. The van der Waals surface area contributed by atoms with Crippen LogP contribution in [-0.4, -0.2) is 59.0 Å². The number of ether oxygens (including phenoxy) is 2. The van der Waals surface area contributed by atoms with Gasteiger partial charge in [0.25, 0.3) is 0 Å². The van der Waals surface area contributed by atoms with Gasteiger partial charge in [0.15, 0.2) is 0 Å². The zero-order valence-corrected chi connectivity index (χ0v) is 16.6. The third-order valence-electron chi connectivity index (χ3n) is 4.41. The van der Waals surface area contributed by atoms with Crippen molar-refractivity contribution < 1.29 is 23.9 Å². The molecule has 1 saturated heterocycles. The number of likely N-dealkylation sites (N-methyl/N-ethyl adjacent to an activating group) is 1. The Morgan fingerprint density at radius 3 is 2.37 bits per heavy atom. The molecule has 148 valence electrons. The molecule has 0 saturated carbocycles. The van der Waals surface area contributed by atoms with Crippen molar-refractivity contribution in [3.05, 3.63) is 35.9 Å². The van der Waals surface area contributed by atoms with Crippen LogP contribution in [0.3, 0.4) is 0 Å². The van der Waals surface area contributed by atoms with Crippen LogP contribution in [0.5, 0.6) is 0 Å². The lowest BCUT2D eigenvalue weighted by atomic mass is 10.0. The summed E-state index contributed by atoms with van der Waals surface area (Å²) in [5, 5.41) is 0. The second-order valence-electron chi connectivity index (χ2n) is 7.70. The molecule has 0 unspecified atom stereocenters. The highest BCUT2D eigenvalue weighted by atomic mass is 16.6. The van der Waals surface area contributed by atoms with Crippen LogP contribution in [0.25, 0.3) is 0 Å². The summed E-state index contributed by atoms with van der Waals surface area (Å²) in [7, 11) is 1.51. The van der Waals surface area contributed by atoms with Crippen molar-refractivity contribution in [1.82, 2.24) is 9.80 Å². The van der Waals surface area contributed by atoms with Crippen LogP contribution in [0.4, 0.5) is 4.79 Å². The Kier molecular flexibility index (Phi) is 6.46. The lowest BCUT2D eigenvalue weighted by Gasteiger charge is -2.42. The second kappa shape index (κ2) is 8.41. The fraction of sp³-hybridized carbons (Fsp3) is 0.550. The molecule has 2 rings (SSSR count). The Morgan fingerprint density at radius 2 is 1.85 bits per heavy atom. The molecule has 0 aromatic heterocycles. The number of likely N-dealkylation sites (tertiary alicyclic amines) is 1. The highest BCUT2D eigenvalue weighted by Gasteiger charge is 2.42. The molecule has 0 spiro atoms. The van der Waals surface area contributed by atoms with E-state index in [1.807, 2.05) is 30.3 Å². The van der Waals surface area contributed by atoms with Gasteiger partial charge >= 0.3 is 12.1 Å². The second-order valence-corrected chi connectivity index (χ2v) is 7.70. The number of hydrogen-bond donors (Lipinski definition) is 0. The van der Waals surface area contributed by atoms with Gasteiger partial charge in [0.1, 0.15) is 24.3 Å². The van der Waals surface area contributed by atoms with Gasteiger partial charge in [-0.3, -0.25) is 9.69 Å². The fourth-order valence-corrected chi connectivity index (χ4v) is 2.65. The molecule has 1 fully saturated rings. The lowest BCUT2D eigenvalue weighted by molar-refractivity contribution is -0.172. The highest BCUT2D eigenvalue weighted by Crippen LogP contribution is 2.23. The fourth-order valence-electron chi connectivity index (χ4n) is 2.65. The topological polar surface area (TPSA) is 76.2 Å². The number of esters is 1. The summed E-state index contributed by atoms with van der Waals surface area (Å²) in [5.74, 6) is -0.708.